The summed E-state index contributed by atoms with van der Waals surface area (Å²) in [5.74, 6) is -0.272. The predicted molar refractivity (Wildman–Crippen MR) is 101 cm³/mol. The van der Waals surface area contributed by atoms with Gasteiger partial charge in [0, 0.05) is 16.8 Å². The fraction of sp³-hybridized carbons (Fsp3) is 0.474. The third-order valence-electron chi connectivity index (χ3n) is 4.30. The second kappa shape index (κ2) is 8.50. The second-order valence-corrected chi connectivity index (χ2v) is 6.79. The lowest BCUT2D eigenvalue weighted by Crippen LogP contribution is -2.41. The molecule has 1 amide bonds. The van der Waals surface area contributed by atoms with E-state index in [1.165, 1.54) is 0 Å². The largest absolute Gasteiger partial charge is 0.391 e. The molecular weight excluding hydrogens is 338 g/mol. The van der Waals surface area contributed by atoms with E-state index in [2.05, 4.69) is 17.3 Å². The van der Waals surface area contributed by atoms with E-state index in [9.17, 15) is 9.90 Å². The SMILES string of the molecule is CCC[C@@H](O)[C@@H](C)NC(=O)c1nn(-c2ccc(Cl)cc2CC)cc1C. The zero-order chi connectivity index (χ0) is 18.6. The van der Waals surface area contributed by atoms with Gasteiger partial charge in [0.2, 0.25) is 0 Å². The number of nitrogens with zero attached hydrogens (tertiary/aromatic N) is 2. The molecule has 6 heteroatoms. The van der Waals surface area contributed by atoms with E-state index in [-0.39, 0.29) is 11.9 Å². The maximum atomic E-state index is 12.5. The van der Waals surface area contributed by atoms with Crippen LogP contribution in [0.5, 0.6) is 0 Å². The van der Waals surface area contributed by atoms with Gasteiger partial charge in [-0.15, -0.1) is 0 Å². The summed E-state index contributed by atoms with van der Waals surface area (Å²) in [7, 11) is 0. The number of aromatic nitrogens is 2. The van der Waals surface area contributed by atoms with Crippen LogP contribution in [0.1, 0.15) is 55.2 Å². The van der Waals surface area contributed by atoms with Crippen LogP contribution in [0, 0.1) is 6.92 Å². The predicted octanol–water partition coefficient (Wildman–Crippen LogP) is 3.68. The standard InChI is InChI=1S/C19H26ClN3O2/c1-5-7-17(24)13(4)21-19(25)18-12(3)11-23(22-18)16-9-8-15(20)10-14(16)6-2/h8-11,13,17,24H,5-7H2,1-4H3,(H,21,25)/t13-,17-/m1/s1. The van der Waals surface area contributed by atoms with Crippen molar-refractivity contribution in [1.82, 2.24) is 15.1 Å². The molecule has 0 saturated carbocycles. The molecule has 136 valence electrons. The highest BCUT2D eigenvalue weighted by Crippen LogP contribution is 2.21. The smallest absolute Gasteiger partial charge is 0.272 e. The van der Waals surface area contributed by atoms with Crippen molar-refractivity contribution in [2.24, 2.45) is 0 Å². The van der Waals surface area contributed by atoms with Crippen LogP contribution in [-0.4, -0.2) is 32.9 Å². The summed E-state index contributed by atoms with van der Waals surface area (Å²) in [6.07, 6.45) is 3.62. The van der Waals surface area contributed by atoms with E-state index in [0.29, 0.717) is 17.1 Å². The molecule has 2 N–H and O–H groups in total. The maximum Gasteiger partial charge on any atom is 0.272 e. The number of aliphatic hydroxyl groups excluding tert-OH is 1. The Hall–Kier alpha value is -1.85. The number of amides is 1. The van der Waals surface area contributed by atoms with Gasteiger partial charge >= 0.3 is 0 Å². The Bertz CT molecular complexity index is 742. The van der Waals surface area contributed by atoms with Gasteiger partial charge in [0.1, 0.15) is 0 Å². The van der Waals surface area contributed by atoms with Gasteiger partial charge in [-0.3, -0.25) is 4.79 Å². The van der Waals surface area contributed by atoms with Crippen LogP contribution in [0.2, 0.25) is 5.02 Å². The number of nitrogens with one attached hydrogen (secondary N) is 1. The lowest BCUT2D eigenvalue weighted by atomic mass is 10.1. The van der Waals surface area contributed by atoms with Gasteiger partial charge in [-0.05, 0) is 50.5 Å². The molecule has 1 aromatic carbocycles. The molecule has 0 fully saturated rings. The first kappa shape index (κ1) is 19.5. The Labute approximate surface area is 154 Å². The molecule has 0 radical (unpaired) electrons. The minimum atomic E-state index is -0.556. The summed E-state index contributed by atoms with van der Waals surface area (Å²) in [4.78, 5) is 12.5. The molecule has 2 atom stereocenters. The third-order valence-corrected chi connectivity index (χ3v) is 4.54. The highest BCUT2D eigenvalue weighted by atomic mass is 35.5. The first-order valence-corrected chi connectivity index (χ1v) is 9.09. The van der Waals surface area contributed by atoms with Crippen molar-refractivity contribution in [3.05, 3.63) is 46.2 Å². The topological polar surface area (TPSA) is 67.2 Å². The number of carbonyl (C=O) groups is 1. The van der Waals surface area contributed by atoms with Crippen molar-refractivity contribution < 1.29 is 9.90 Å². The van der Waals surface area contributed by atoms with Crippen molar-refractivity contribution in [2.75, 3.05) is 0 Å². The molecule has 0 aliphatic rings. The van der Waals surface area contributed by atoms with Gasteiger partial charge < -0.3 is 10.4 Å². The Morgan fingerprint density at radius 2 is 2.12 bits per heavy atom. The van der Waals surface area contributed by atoms with Crippen LogP contribution >= 0.6 is 11.6 Å². The summed E-state index contributed by atoms with van der Waals surface area (Å²) >= 11 is 6.07. The van der Waals surface area contributed by atoms with Crippen molar-refractivity contribution in [3.63, 3.8) is 0 Å². The van der Waals surface area contributed by atoms with Crippen molar-refractivity contribution in [3.8, 4) is 5.69 Å². The summed E-state index contributed by atoms with van der Waals surface area (Å²) in [5, 5.41) is 18.0. The van der Waals surface area contributed by atoms with E-state index in [1.807, 2.05) is 38.2 Å². The maximum absolute atomic E-state index is 12.5. The summed E-state index contributed by atoms with van der Waals surface area (Å²) in [5.41, 5.74) is 3.13. The van der Waals surface area contributed by atoms with Crippen LogP contribution in [-0.2, 0) is 6.42 Å². The molecule has 0 saturated heterocycles. The average molecular weight is 364 g/mol. The van der Waals surface area contributed by atoms with E-state index in [1.54, 1.807) is 11.6 Å². The Morgan fingerprint density at radius 3 is 2.76 bits per heavy atom. The fourth-order valence-corrected chi connectivity index (χ4v) is 2.98. The fourth-order valence-electron chi connectivity index (χ4n) is 2.79. The van der Waals surface area contributed by atoms with Gasteiger partial charge in [0.05, 0.1) is 17.8 Å². The van der Waals surface area contributed by atoms with E-state index in [4.69, 9.17) is 11.6 Å². The zero-order valence-corrected chi connectivity index (χ0v) is 16.0. The van der Waals surface area contributed by atoms with Crippen molar-refractivity contribution >= 4 is 17.5 Å². The van der Waals surface area contributed by atoms with Crippen molar-refractivity contribution in [1.29, 1.82) is 0 Å². The van der Waals surface area contributed by atoms with Crippen LogP contribution in [0.25, 0.3) is 5.69 Å². The van der Waals surface area contributed by atoms with E-state index >= 15 is 0 Å². The molecule has 0 aliphatic carbocycles. The number of rotatable bonds is 7. The lowest BCUT2D eigenvalue weighted by Gasteiger charge is -2.19. The molecule has 25 heavy (non-hydrogen) atoms. The number of carbonyl (C=O) groups excluding carboxylic acids is 1. The number of benzene rings is 1. The summed E-state index contributed by atoms with van der Waals surface area (Å²) in [6, 6.07) is 5.31. The Balaban J connectivity index is 2.24. The normalized spacial score (nSPS) is 13.5. The monoisotopic (exact) mass is 363 g/mol. The van der Waals surface area contributed by atoms with Crippen LogP contribution in [0.15, 0.2) is 24.4 Å². The van der Waals surface area contributed by atoms with Crippen molar-refractivity contribution in [2.45, 2.75) is 59.1 Å². The molecule has 0 spiro atoms. The molecule has 1 heterocycles. The molecule has 0 aliphatic heterocycles. The molecule has 0 bridgehead atoms. The minimum absolute atomic E-state index is 0.272. The molecule has 5 nitrogen and oxygen atoms in total. The van der Waals surface area contributed by atoms with E-state index in [0.717, 1.165) is 29.7 Å². The molecule has 0 unspecified atom stereocenters. The highest BCUT2D eigenvalue weighted by molar-refractivity contribution is 6.30. The third kappa shape index (κ3) is 4.61. The number of aliphatic hydroxyl groups is 1. The van der Waals surface area contributed by atoms with Gasteiger partial charge in [0.15, 0.2) is 5.69 Å². The average Bonchev–Trinajstić information content (AvgIpc) is 2.96. The lowest BCUT2D eigenvalue weighted by molar-refractivity contribution is 0.0830. The van der Waals surface area contributed by atoms with Gasteiger partial charge in [-0.25, -0.2) is 4.68 Å². The molecule has 2 rings (SSSR count). The van der Waals surface area contributed by atoms with Gasteiger partial charge in [0.25, 0.3) is 5.91 Å². The quantitative estimate of drug-likeness (QED) is 0.788. The van der Waals surface area contributed by atoms with Gasteiger partial charge in [-0.1, -0.05) is 31.9 Å². The first-order valence-electron chi connectivity index (χ1n) is 8.71. The van der Waals surface area contributed by atoms with Crippen LogP contribution in [0.3, 0.4) is 0 Å². The first-order chi connectivity index (χ1) is 11.9. The van der Waals surface area contributed by atoms with E-state index < -0.39 is 6.10 Å². The minimum Gasteiger partial charge on any atom is -0.391 e. The summed E-state index contributed by atoms with van der Waals surface area (Å²) in [6.45, 7) is 7.71. The molecule has 2 aromatic rings. The molecular formula is C19H26ClN3O2. The molecule has 1 aromatic heterocycles. The number of aryl methyl sites for hydroxylation is 2. The highest BCUT2D eigenvalue weighted by Gasteiger charge is 2.20. The van der Waals surface area contributed by atoms with Crippen LogP contribution in [0.4, 0.5) is 0 Å². The van der Waals surface area contributed by atoms with Crippen LogP contribution < -0.4 is 5.32 Å². The zero-order valence-electron chi connectivity index (χ0n) is 15.2. The Kier molecular flexibility index (Phi) is 6.62. The Morgan fingerprint density at radius 1 is 1.40 bits per heavy atom. The number of hydrogen-bond acceptors (Lipinski definition) is 3. The van der Waals surface area contributed by atoms with Gasteiger partial charge in [-0.2, -0.15) is 5.10 Å². The second-order valence-electron chi connectivity index (χ2n) is 6.35. The number of hydrogen-bond donors (Lipinski definition) is 2. The number of halogens is 1. The summed E-state index contributed by atoms with van der Waals surface area (Å²) < 4.78 is 1.71.